The van der Waals surface area contributed by atoms with Crippen LogP contribution in [0.25, 0.3) is 0 Å². The molecule has 2 nitrogen and oxygen atoms in total. The smallest absolute Gasteiger partial charge is 0.00744 e. The van der Waals surface area contributed by atoms with E-state index in [1.54, 1.807) is 0 Å². The van der Waals surface area contributed by atoms with Gasteiger partial charge in [-0.1, -0.05) is 0 Å². The van der Waals surface area contributed by atoms with Gasteiger partial charge in [-0.15, -0.1) is 0 Å². The summed E-state index contributed by atoms with van der Waals surface area (Å²) in [6, 6.07) is 0. The first-order valence-electron chi connectivity index (χ1n) is 7.27. The minimum absolute atomic E-state index is 0.896. The molecule has 4 N–H and O–H groups in total. The van der Waals surface area contributed by atoms with Crippen molar-refractivity contribution >= 4 is 0 Å². The van der Waals surface area contributed by atoms with Crippen LogP contribution >= 0.6 is 0 Å². The van der Waals surface area contributed by atoms with Crippen molar-refractivity contribution in [3.8, 4) is 0 Å². The first-order chi connectivity index (χ1) is 7.86. The van der Waals surface area contributed by atoms with Crippen LogP contribution in [0.5, 0.6) is 0 Å². The van der Waals surface area contributed by atoms with E-state index in [-0.39, 0.29) is 0 Å². The lowest BCUT2D eigenvalue weighted by atomic mass is 9.77. The van der Waals surface area contributed by atoms with Crippen LogP contribution in [0.3, 0.4) is 0 Å². The van der Waals surface area contributed by atoms with Gasteiger partial charge in [0, 0.05) is 0 Å². The van der Waals surface area contributed by atoms with Crippen LogP contribution in [-0.4, -0.2) is 13.1 Å². The molecule has 3 rings (SSSR count). The molecule has 16 heavy (non-hydrogen) atoms. The molecule has 2 bridgehead atoms. The highest BCUT2D eigenvalue weighted by atomic mass is 14.7. The van der Waals surface area contributed by atoms with E-state index in [2.05, 4.69) is 0 Å². The molecule has 92 valence electrons. The van der Waals surface area contributed by atoms with Crippen molar-refractivity contribution in [3.63, 3.8) is 0 Å². The third-order valence-corrected chi connectivity index (χ3v) is 5.92. The minimum atomic E-state index is 0.896. The highest BCUT2D eigenvalue weighted by molar-refractivity contribution is 5.06. The van der Waals surface area contributed by atoms with Crippen LogP contribution in [0.1, 0.15) is 38.5 Å². The molecule has 0 aromatic carbocycles. The van der Waals surface area contributed by atoms with E-state index in [9.17, 15) is 0 Å². The molecule has 2 heteroatoms. The van der Waals surface area contributed by atoms with Gasteiger partial charge in [0.1, 0.15) is 0 Å². The zero-order chi connectivity index (χ0) is 11.1. The first-order valence-corrected chi connectivity index (χ1v) is 7.27. The Labute approximate surface area is 99.1 Å². The van der Waals surface area contributed by atoms with Crippen molar-refractivity contribution in [3.05, 3.63) is 0 Å². The largest absolute Gasteiger partial charge is 0.330 e. The Morgan fingerprint density at radius 2 is 1.44 bits per heavy atom. The van der Waals surface area contributed by atoms with Gasteiger partial charge in [-0.3, -0.25) is 0 Å². The topological polar surface area (TPSA) is 52.0 Å². The fourth-order valence-corrected chi connectivity index (χ4v) is 5.62. The van der Waals surface area contributed by atoms with Crippen molar-refractivity contribution in [2.45, 2.75) is 38.5 Å². The third kappa shape index (κ3) is 1.46. The number of hydrogen-bond acceptors (Lipinski definition) is 2. The van der Waals surface area contributed by atoms with Crippen molar-refractivity contribution in [2.75, 3.05) is 13.1 Å². The Hall–Kier alpha value is -0.0800. The van der Waals surface area contributed by atoms with Gasteiger partial charge < -0.3 is 11.5 Å². The molecule has 0 saturated heterocycles. The number of hydrogen-bond donors (Lipinski definition) is 2. The Bertz CT molecular complexity index is 253. The molecule has 0 aromatic heterocycles. The second-order valence-electron chi connectivity index (χ2n) is 6.30. The summed E-state index contributed by atoms with van der Waals surface area (Å²) in [5.74, 6) is 6.12. The van der Waals surface area contributed by atoms with E-state index in [4.69, 9.17) is 11.5 Å². The predicted molar refractivity (Wildman–Crippen MR) is 66.8 cm³/mol. The van der Waals surface area contributed by atoms with Crippen molar-refractivity contribution in [2.24, 2.45) is 47.0 Å². The van der Waals surface area contributed by atoms with E-state index in [0.717, 1.165) is 48.6 Å². The number of nitrogens with two attached hydrogens (primary N) is 2. The molecule has 6 unspecified atom stereocenters. The summed E-state index contributed by atoms with van der Waals surface area (Å²) in [7, 11) is 0. The predicted octanol–water partition coefficient (Wildman–Crippen LogP) is 1.98. The lowest BCUT2D eigenvalue weighted by molar-refractivity contribution is 0.203. The van der Waals surface area contributed by atoms with Crippen LogP contribution in [-0.2, 0) is 0 Å². The minimum Gasteiger partial charge on any atom is -0.330 e. The van der Waals surface area contributed by atoms with Gasteiger partial charge in [0.05, 0.1) is 0 Å². The van der Waals surface area contributed by atoms with Gasteiger partial charge in [0.2, 0.25) is 0 Å². The number of rotatable bonds is 4. The molecule has 3 aliphatic rings. The summed E-state index contributed by atoms with van der Waals surface area (Å²) >= 11 is 0. The standard InChI is InChI=1S/C14H26N2/c15-7-5-9-1-2-12-10-3-4-13(14(9)12)11(10)6-8-16/h9-14H,1-8,15-16H2. The van der Waals surface area contributed by atoms with Crippen molar-refractivity contribution in [1.82, 2.24) is 0 Å². The van der Waals surface area contributed by atoms with Crippen LogP contribution in [0, 0.1) is 35.5 Å². The second-order valence-corrected chi connectivity index (χ2v) is 6.30. The fraction of sp³-hybridized carbons (Fsp3) is 1.00. The molecular weight excluding hydrogens is 196 g/mol. The normalized spacial score (nSPS) is 49.9. The van der Waals surface area contributed by atoms with E-state index < -0.39 is 0 Å². The van der Waals surface area contributed by atoms with Gasteiger partial charge in [-0.2, -0.15) is 0 Å². The van der Waals surface area contributed by atoms with E-state index in [0.29, 0.717) is 0 Å². The van der Waals surface area contributed by atoms with E-state index >= 15 is 0 Å². The molecule has 0 aliphatic heterocycles. The van der Waals surface area contributed by atoms with Crippen LogP contribution in [0.4, 0.5) is 0 Å². The molecule has 0 spiro atoms. The molecule has 0 heterocycles. The Balaban J connectivity index is 1.75. The average molecular weight is 222 g/mol. The van der Waals surface area contributed by atoms with Crippen LogP contribution in [0.2, 0.25) is 0 Å². The summed E-state index contributed by atoms with van der Waals surface area (Å²) in [5.41, 5.74) is 11.5. The maximum Gasteiger partial charge on any atom is -0.00744 e. The fourth-order valence-electron chi connectivity index (χ4n) is 5.62. The third-order valence-electron chi connectivity index (χ3n) is 5.92. The van der Waals surface area contributed by atoms with Crippen LogP contribution in [0.15, 0.2) is 0 Å². The lowest BCUT2D eigenvalue weighted by Gasteiger charge is -2.29. The quantitative estimate of drug-likeness (QED) is 0.764. The average Bonchev–Trinajstić information content (AvgIpc) is 2.92. The molecule has 3 aliphatic carbocycles. The highest BCUT2D eigenvalue weighted by Crippen LogP contribution is 2.64. The van der Waals surface area contributed by atoms with Gasteiger partial charge in [-0.25, -0.2) is 0 Å². The number of fused-ring (bicyclic) bond motifs is 5. The zero-order valence-electron chi connectivity index (χ0n) is 10.3. The van der Waals surface area contributed by atoms with Gasteiger partial charge >= 0.3 is 0 Å². The first kappa shape index (κ1) is 11.0. The van der Waals surface area contributed by atoms with Crippen molar-refractivity contribution in [1.29, 1.82) is 0 Å². The van der Waals surface area contributed by atoms with E-state index in [1.165, 1.54) is 38.5 Å². The molecule has 0 amide bonds. The van der Waals surface area contributed by atoms with Gasteiger partial charge in [-0.05, 0) is 87.1 Å². The second kappa shape index (κ2) is 4.30. The molecule has 0 radical (unpaired) electrons. The summed E-state index contributed by atoms with van der Waals surface area (Å²) in [4.78, 5) is 0. The Morgan fingerprint density at radius 1 is 0.750 bits per heavy atom. The maximum absolute atomic E-state index is 5.78. The van der Waals surface area contributed by atoms with Crippen LogP contribution < -0.4 is 11.5 Å². The van der Waals surface area contributed by atoms with Crippen molar-refractivity contribution < 1.29 is 0 Å². The molecule has 6 atom stereocenters. The SMILES string of the molecule is NCCC1CCC2C3CCC(C3CCN)C12. The Kier molecular flexibility index (Phi) is 2.97. The molecule has 3 fully saturated rings. The molecule has 3 saturated carbocycles. The molecular formula is C14H26N2. The molecule has 0 aromatic rings. The van der Waals surface area contributed by atoms with E-state index in [1.807, 2.05) is 0 Å². The lowest BCUT2D eigenvalue weighted by Crippen LogP contribution is -2.24. The van der Waals surface area contributed by atoms with Gasteiger partial charge in [0.25, 0.3) is 0 Å². The summed E-state index contributed by atoms with van der Waals surface area (Å²) in [6.45, 7) is 1.80. The summed E-state index contributed by atoms with van der Waals surface area (Å²) in [5, 5.41) is 0. The summed E-state index contributed by atoms with van der Waals surface area (Å²) in [6.07, 6.45) is 8.53. The highest BCUT2D eigenvalue weighted by Gasteiger charge is 2.57. The zero-order valence-corrected chi connectivity index (χ0v) is 10.3. The summed E-state index contributed by atoms with van der Waals surface area (Å²) < 4.78 is 0. The monoisotopic (exact) mass is 222 g/mol. The van der Waals surface area contributed by atoms with Gasteiger partial charge in [0.15, 0.2) is 0 Å². The maximum atomic E-state index is 5.78. The Morgan fingerprint density at radius 3 is 2.19 bits per heavy atom.